The molecule has 0 aliphatic heterocycles. The van der Waals surface area contributed by atoms with Gasteiger partial charge in [0, 0.05) is 19.7 Å². The molecule has 3 aromatic rings. The molecule has 1 amide bonds. The quantitative estimate of drug-likeness (QED) is 0.694. The molecule has 0 saturated heterocycles. The summed E-state index contributed by atoms with van der Waals surface area (Å²) in [7, 11) is 3.78. The van der Waals surface area contributed by atoms with Crippen molar-refractivity contribution in [2.45, 2.75) is 6.92 Å². The van der Waals surface area contributed by atoms with E-state index in [1.165, 1.54) is 11.3 Å². The first-order valence-electron chi connectivity index (χ1n) is 7.77. The van der Waals surface area contributed by atoms with Gasteiger partial charge in [0.25, 0.3) is 5.91 Å². The number of anilines is 2. The number of aromatic nitrogens is 1. The Kier molecular flexibility index (Phi) is 5.06. The van der Waals surface area contributed by atoms with Crippen LogP contribution in [0.3, 0.4) is 0 Å². The second-order valence-electron chi connectivity index (χ2n) is 5.78. The lowest BCUT2D eigenvalue weighted by Crippen LogP contribution is -2.17. The number of carbonyl (C=O) groups excluding carboxylic acids is 1. The van der Waals surface area contributed by atoms with Gasteiger partial charge in [-0.3, -0.25) is 4.79 Å². The predicted molar refractivity (Wildman–Crippen MR) is 106 cm³/mol. The van der Waals surface area contributed by atoms with Gasteiger partial charge in [0.2, 0.25) is 0 Å². The molecule has 6 heteroatoms. The van der Waals surface area contributed by atoms with Crippen molar-refractivity contribution >= 4 is 40.2 Å². The molecule has 0 saturated carbocycles. The van der Waals surface area contributed by atoms with Crippen LogP contribution >= 0.6 is 22.9 Å². The number of para-hydroxylation sites is 1. The zero-order valence-corrected chi connectivity index (χ0v) is 15.8. The van der Waals surface area contributed by atoms with Gasteiger partial charge in [0.05, 0.1) is 22.1 Å². The highest BCUT2D eigenvalue weighted by atomic mass is 35.5. The normalized spacial score (nSPS) is 10.6. The minimum atomic E-state index is -0.178. The van der Waals surface area contributed by atoms with Gasteiger partial charge < -0.3 is 10.2 Å². The topological polar surface area (TPSA) is 45.2 Å². The molecule has 0 bridgehead atoms. The minimum Gasteiger partial charge on any atom is -0.375 e. The maximum absolute atomic E-state index is 12.8. The molecule has 1 heterocycles. The first-order valence-corrected chi connectivity index (χ1v) is 8.97. The van der Waals surface area contributed by atoms with Crippen LogP contribution in [0.2, 0.25) is 5.02 Å². The van der Waals surface area contributed by atoms with E-state index in [2.05, 4.69) is 10.3 Å². The Morgan fingerprint density at radius 2 is 1.84 bits per heavy atom. The highest BCUT2D eigenvalue weighted by molar-refractivity contribution is 7.17. The molecular formula is C19H18ClN3OS. The summed E-state index contributed by atoms with van der Waals surface area (Å²) in [6.07, 6.45) is 0. The van der Waals surface area contributed by atoms with E-state index in [0.29, 0.717) is 15.6 Å². The van der Waals surface area contributed by atoms with Crippen LogP contribution in [0.25, 0.3) is 10.6 Å². The molecule has 2 aromatic carbocycles. The van der Waals surface area contributed by atoms with E-state index in [4.69, 9.17) is 11.6 Å². The predicted octanol–water partition coefficient (Wildman–Crippen LogP) is 5.09. The van der Waals surface area contributed by atoms with Crippen LogP contribution in [0.1, 0.15) is 15.4 Å². The van der Waals surface area contributed by atoms with Crippen LogP contribution in [-0.4, -0.2) is 25.0 Å². The molecule has 4 nitrogen and oxygen atoms in total. The Labute approximate surface area is 156 Å². The van der Waals surface area contributed by atoms with Crippen molar-refractivity contribution < 1.29 is 4.79 Å². The smallest absolute Gasteiger partial charge is 0.267 e. The van der Waals surface area contributed by atoms with Crippen LogP contribution in [0.4, 0.5) is 11.4 Å². The standard InChI is InChI=1S/C19H18ClN3OS/c1-12-17(25-19(21-12)13-8-5-4-6-9-13)18(24)22-15-11-7-10-14(20)16(15)23(2)3/h4-11H,1-3H3,(H,22,24). The summed E-state index contributed by atoms with van der Waals surface area (Å²) < 4.78 is 0. The molecular weight excluding hydrogens is 354 g/mol. The van der Waals surface area contributed by atoms with E-state index in [-0.39, 0.29) is 5.91 Å². The van der Waals surface area contributed by atoms with E-state index in [1.807, 2.05) is 68.4 Å². The van der Waals surface area contributed by atoms with Gasteiger partial charge in [-0.05, 0) is 19.1 Å². The van der Waals surface area contributed by atoms with Crippen LogP contribution in [-0.2, 0) is 0 Å². The number of nitrogens with zero attached hydrogens (tertiary/aromatic N) is 2. The molecule has 0 fully saturated rings. The first-order chi connectivity index (χ1) is 12.0. The van der Waals surface area contributed by atoms with Gasteiger partial charge in [0.1, 0.15) is 9.88 Å². The van der Waals surface area contributed by atoms with Crippen LogP contribution in [0.5, 0.6) is 0 Å². The van der Waals surface area contributed by atoms with E-state index < -0.39 is 0 Å². The van der Waals surface area contributed by atoms with E-state index in [1.54, 1.807) is 6.07 Å². The van der Waals surface area contributed by atoms with Crippen molar-refractivity contribution in [3.05, 3.63) is 64.1 Å². The number of hydrogen-bond donors (Lipinski definition) is 1. The Bertz CT molecular complexity index is 906. The monoisotopic (exact) mass is 371 g/mol. The third kappa shape index (κ3) is 3.67. The summed E-state index contributed by atoms with van der Waals surface area (Å²) in [5.41, 5.74) is 3.18. The van der Waals surface area contributed by atoms with Crippen molar-refractivity contribution in [3.63, 3.8) is 0 Å². The number of amides is 1. The molecule has 128 valence electrons. The molecule has 0 radical (unpaired) electrons. The third-order valence-electron chi connectivity index (χ3n) is 3.71. The lowest BCUT2D eigenvalue weighted by molar-refractivity contribution is 0.103. The van der Waals surface area contributed by atoms with E-state index in [9.17, 15) is 4.79 Å². The van der Waals surface area contributed by atoms with Gasteiger partial charge in [-0.25, -0.2) is 4.98 Å². The van der Waals surface area contributed by atoms with Gasteiger partial charge in [-0.15, -0.1) is 11.3 Å². The summed E-state index contributed by atoms with van der Waals surface area (Å²) in [4.78, 5) is 19.8. The number of rotatable bonds is 4. The van der Waals surface area contributed by atoms with Crippen molar-refractivity contribution in [1.29, 1.82) is 0 Å². The number of thiazole rings is 1. The SMILES string of the molecule is Cc1nc(-c2ccccc2)sc1C(=O)Nc1cccc(Cl)c1N(C)C. The largest absolute Gasteiger partial charge is 0.375 e. The number of nitrogens with one attached hydrogen (secondary N) is 1. The number of halogens is 1. The number of carbonyl (C=O) groups is 1. The molecule has 0 atom stereocenters. The fraction of sp³-hybridized carbons (Fsp3) is 0.158. The highest BCUT2D eigenvalue weighted by Crippen LogP contribution is 2.34. The van der Waals surface area contributed by atoms with Crippen LogP contribution < -0.4 is 10.2 Å². The zero-order valence-electron chi connectivity index (χ0n) is 14.2. The number of hydrogen-bond acceptors (Lipinski definition) is 4. The Balaban J connectivity index is 1.91. The molecule has 1 N–H and O–H groups in total. The van der Waals surface area contributed by atoms with Crippen molar-refractivity contribution in [1.82, 2.24) is 4.98 Å². The van der Waals surface area contributed by atoms with E-state index >= 15 is 0 Å². The molecule has 0 aliphatic carbocycles. The second-order valence-corrected chi connectivity index (χ2v) is 7.19. The first kappa shape index (κ1) is 17.5. The lowest BCUT2D eigenvalue weighted by atomic mass is 10.2. The third-order valence-corrected chi connectivity index (χ3v) is 5.22. The Morgan fingerprint density at radius 3 is 2.52 bits per heavy atom. The van der Waals surface area contributed by atoms with Gasteiger partial charge >= 0.3 is 0 Å². The van der Waals surface area contributed by atoms with Crippen molar-refractivity contribution in [2.24, 2.45) is 0 Å². The Morgan fingerprint density at radius 1 is 1.12 bits per heavy atom. The maximum Gasteiger partial charge on any atom is 0.267 e. The summed E-state index contributed by atoms with van der Waals surface area (Å²) >= 11 is 7.66. The number of aryl methyl sites for hydroxylation is 1. The van der Waals surface area contributed by atoms with Gasteiger partial charge in [-0.2, -0.15) is 0 Å². The summed E-state index contributed by atoms with van der Waals surface area (Å²) in [6.45, 7) is 1.85. The maximum atomic E-state index is 12.8. The fourth-order valence-corrected chi connectivity index (χ4v) is 3.87. The molecule has 25 heavy (non-hydrogen) atoms. The summed E-state index contributed by atoms with van der Waals surface area (Å²) in [6, 6.07) is 15.3. The average Bonchev–Trinajstić information content (AvgIpc) is 2.97. The van der Waals surface area contributed by atoms with Gasteiger partial charge in [-0.1, -0.05) is 48.0 Å². The zero-order chi connectivity index (χ0) is 18.0. The minimum absolute atomic E-state index is 0.178. The van der Waals surface area contributed by atoms with Gasteiger partial charge in [0.15, 0.2) is 0 Å². The Hall–Kier alpha value is -2.37. The molecule has 0 unspecified atom stereocenters. The fourth-order valence-electron chi connectivity index (χ4n) is 2.56. The summed E-state index contributed by atoms with van der Waals surface area (Å²) in [5, 5.41) is 4.39. The van der Waals surface area contributed by atoms with E-state index in [0.717, 1.165) is 22.0 Å². The lowest BCUT2D eigenvalue weighted by Gasteiger charge is -2.19. The second kappa shape index (κ2) is 7.25. The number of benzene rings is 2. The molecule has 0 spiro atoms. The molecule has 3 rings (SSSR count). The molecule has 1 aromatic heterocycles. The van der Waals surface area contributed by atoms with Crippen molar-refractivity contribution in [2.75, 3.05) is 24.3 Å². The summed E-state index contributed by atoms with van der Waals surface area (Å²) in [5.74, 6) is -0.178. The van der Waals surface area contributed by atoms with Crippen LogP contribution in [0.15, 0.2) is 48.5 Å². The molecule has 0 aliphatic rings. The highest BCUT2D eigenvalue weighted by Gasteiger charge is 2.18. The van der Waals surface area contributed by atoms with Crippen LogP contribution in [0, 0.1) is 6.92 Å². The van der Waals surface area contributed by atoms with Crippen molar-refractivity contribution in [3.8, 4) is 10.6 Å². The average molecular weight is 372 g/mol.